The van der Waals surface area contributed by atoms with Gasteiger partial charge in [-0.1, -0.05) is 28.1 Å². The standard InChI is InChI=1S/C19H22BrFN4O/c1-22-18(26)14-5-3-4-13(10-14)8-9-24-19(23-2)25-12-15-11-16(20)6-7-17(15)21/h3-7,10-11H,8-9,12H2,1-2H3,(H,22,26)(H2,23,24,25). The summed E-state index contributed by atoms with van der Waals surface area (Å²) in [7, 11) is 3.28. The number of carbonyl (C=O) groups is 1. The lowest BCUT2D eigenvalue weighted by Gasteiger charge is -2.13. The zero-order valence-electron chi connectivity index (χ0n) is 14.8. The molecule has 0 unspecified atom stereocenters. The number of carbonyl (C=O) groups excluding carboxylic acids is 1. The number of hydrogen-bond donors (Lipinski definition) is 3. The summed E-state index contributed by atoms with van der Waals surface area (Å²) in [6.07, 6.45) is 0.733. The molecule has 0 aliphatic rings. The number of guanidine groups is 1. The highest BCUT2D eigenvalue weighted by molar-refractivity contribution is 9.10. The lowest BCUT2D eigenvalue weighted by molar-refractivity contribution is 0.0963. The van der Waals surface area contributed by atoms with E-state index in [0.717, 1.165) is 16.5 Å². The average molecular weight is 421 g/mol. The van der Waals surface area contributed by atoms with Crippen molar-refractivity contribution in [3.8, 4) is 0 Å². The van der Waals surface area contributed by atoms with Crippen LogP contribution in [0.15, 0.2) is 51.9 Å². The molecule has 138 valence electrons. The fourth-order valence-electron chi connectivity index (χ4n) is 2.42. The minimum absolute atomic E-state index is 0.103. The number of rotatable bonds is 6. The average Bonchev–Trinajstić information content (AvgIpc) is 2.66. The van der Waals surface area contributed by atoms with Gasteiger partial charge in [-0.15, -0.1) is 0 Å². The zero-order valence-corrected chi connectivity index (χ0v) is 16.4. The maximum absolute atomic E-state index is 13.8. The molecule has 3 N–H and O–H groups in total. The fourth-order valence-corrected chi connectivity index (χ4v) is 2.82. The molecule has 0 aliphatic heterocycles. The molecule has 0 heterocycles. The molecule has 2 aromatic rings. The van der Waals surface area contributed by atoms with E-state index in [1.54, 1.807) is 32.3 Å². The molecule has 0 spiro atoms. The van der Waals surface area contributed by atoms with Gasteiger partial charge >= 0.3 is 0 Å². The highest BCUT2D eigenvalue weighted by Crippen LogP contribution is 2.15. The van der Waals surface area contributed by atoms with Crippen molar-refractivity contribution < 1.29 is 9.18 Å². The number of benzene rings is 2. The Hall–Kier alpha value is -2.41. The van der Waals surface area contributed by atoms with Gasteiger partial charge in [-0.25, -0.2) is 4.39 Å². The Kier molecular flexibility index (Phi) is 7.59. The number of nitrogens with one attached hydrogen (secondary N) is 3. The molecule has 0 radical (unpaired) electrons. The highest BCUT2D eigenvalue weighted by Gasteiger charge is 2.06. The van der Waals surface area contributed by atoms with Gasteiger partial charge in [0.05, 0.1) is 0 Å². The first kappa shape index (κ1) is 19.9. The molecule has 1 amide bonds. The van der Waals surface area contributed by atoms with E-state index in [9.17, 15) is 9.18 Å². The van der Waals surface area contributed by atoms with Gasteiger partial charge in [0.25, 0.3) is 5.91 Å². The highest BCUT2D eigenvalue weighted by atomic mass is 79.9. The van der Waals surface area contributed by atoms with Crippen molar-refractivity contribution in [1.29, 1.82) is 0 Å². The summed E-state index contributed by atoms with van der Waals surface area (Å²) in [6.45, 7) is 0.967. The van der Waals surface area contributed by atoms with Gasteiger partial charge < -0.3 is 16.0 Å². The Morgan fingerprint density at radius 3 is 2.73 bits per heavy atom. The summed E-state index contributed by atoms with van der Waals surface area (Å²) >= 11 is 3.34. The quantitative estimate of drug-likeness (QED) is 0.497. The number of aliphatic imine (C=N–C) groups is 1. The Morgan fingerprint density at radius 1 is 1.19 bits per heavy atom. The number of halogens is 2. The number of nitrogens with zero attached hydrogens (tertiary/aromatic N) is 1. The van der Waals surface area contributed by atoms with Crippen LogP contribution in [0.1, 0.15) is 21.5 Å². The van der Waals surface area contributed by atoms with E-state index in [1.807, 2.05) is 18.2 Å². The topological polar surface area (TPSA) is 65.5 Å². The molecule has 2 rings (SSSR count). The number of amides is 1. The van der Waals surface area contributed by atoms with E-state index in [1.165, 1.54) is 6.07 Å². The van der Waals surface area contributed by atoms with Gasteiger partial charge in [-0.05, 0) is 42.3 Å². The van der Waals surface area contributed by atoms with E-state index in [2.05, 4.69) is 36.9 Å². The second-order valence-corrected chi connectivity index (χ2v) is 6.53. The first-order valence-electron chi connectivity index (χ1n) is 8.23. The SMILES string of the molecule is CN=C(NCCc1cccc(C(=O)NC)c1)NCc1cc(Br)ccc1F. The second-order valence-electron chi connectivity index (χ2n) is 5.62. The van der Waals surface area contributed by atoms with Crippen molar-refractivity contribution in [3.05, 3.63) is 69.4 Å². The van der Waals surface area contributed by atoms with Crippen LogP contribution in [0.25, 0.3) is 0 Å². The van der Waals surface area contributed by atoms with Crippen LogP contribution >= 0.6 is 15.9 Å². The van der Waals surface area contributed by atoms with E-state index in [0.29, 0.717) is 30.2 Å². The van der Waals surface area contributed by atoms with E-state index >= 15 is 0 Å². The van der Waals surface area contributed by atoms with Crippen molar-refractivity contribution in [2.45, 2.75) is 13.0 Å². The molecule has 0 atom stereocenters. The molecule has 5 nitrogen and oxygen atoms in total. The second kappa shape index (κ2) is 9.91. The third-order valence-electron chi connectivity index (χ3n) is 3.80. The van der Waals surface area contributed by atoms with E-state index < -0.39 is 0 Å². The van der Waals surface area contributed by atoms with Crippen LogP contribution in [-0.2, 0) is 13.0 Å². The lowest BCUT2D eigenvalue weighted by atomic mass is 10.1. The smallest absolute Gasteiger partial charge is 0.251 e. The normalized spacial score (nSPS) is 11.2. The van der Waals surface area contributed by atoms with Gasteiger partial charge in [0.15, 0.2) is 5.96 Å². The van der Waals surface area contributed by atoms with Crippen LogP contribution in [0.2, 0.25) is 0 Å². The van der Waals surface area contributed by atoms with Crippen LogP contribution in [0.4, 0.5) is 4.39 Å². The third kappa shape index (κ3) is 5.84. The molecule has 26 heavy (non-hydrogen) atoms. The number of hydrogen-bond acceptors (Lipinski definition) is 2. The van der Waals surface area contributed by atoms with Crippen LogP contribution in [0, 0.1) is 5.82 Å². The monoisotopic (exact) mass is 420 g/mol. The molecular weight excluding hydrogens is 399 g/mol. The molecule has 0 saturated heterocycles. The predicted molar refractivity (Wildman–Crippen MR) is 106 cm³/mol. The maximum Gasteiger partial charge on any atom is 0.251 e. The summed E-state index contributed by atoms with van der Waals surface area (Å²) in [6, 6.07) is 12.3. The van der Waals surface area contributed by atoms with E-state index in [-0.39, 0.29) is 11.7 Å². The molecular formula is C19H22BrFN4O. The predicted octanol–water partition coefficient (Wildman–Crippen LogP) is 2.86. The first-order valence-corrected chi connectivity index (χ1v) is 9.02. The van der Waals surface area contributed by atoms with Crippen molar-refractivity contribution >= 4 is 27.8 Å². The van der Waals surface area contributed by atoms with Crippen molar-refractivity contribution in [1.82, 2.24) is 16.0 Å². The van der Waals surface area contributed by atoms with Gasteiger partial charge in [-0.3, -0.25) is 9.79 Å². The Balaban J connectivity index is 1.86. The van der Waals surface area contributed by atoms with Crippen LogP contribution < -0.4 is 16.0 Å². The Bertz CT molecular complexity index is 795. The minimum Gasteiger partial charge on any atom is -0.356 e. The molecule has 0 bridgehead atoms. The molecule has 0 aromatic heterocycles. The molecule has 2 aromatic carbocycles. The summed E-state index contributed by atoms with van der Waals surface area (Å²) in [5.74, 6) is 0.224. The zero-order chi connectivity index (χ0) is 18.9. The van der Waals surface area contributed by atoms with Gasteiger partial charge in [0.2, 0.25) is 0 Å². The third-order valence-corrected chi connectivity index (χ3v) is 4.29. The molecule has 7 heteroatoms. The van der Waals surface area contributed by atoms with Crippen LogP contribution in [0.3, 0.4) is 0 Å². The summed E-state index contributed by atoms with van der Waals surface area (Å²) in [5.41, 5.74) is 2.24. The Labute approximate surface area is 161 Å². The molecule has 0 saturated carbocycles. The van der Waals surface area contributed by atoms with Gasteiger partial charge in [0, 0.05) is 42.8 Å². The Morgan fingerprint density at radius 2 is 2.00 bits per heavy atom. The van der Waals surface area contributed by atoms with E-state index in [4.69, 9.17) is 0 Å². The minimum atomic E-state index is -0.262. The summed E-state index contributed by atoms with van der Waals surface area (Å²) in [5, 5.41) is 8.90. The van der Waals surface area contributed by atoms with Crippen LogP contribution in [-0.4, -0.2) is 32.5 Å². The van der Waals surface area contributed by atoms with Crippen molar-refractivity contribution in [3.63, 3.8) is 0 Å². The summed E-state index contributed by atoms with van der Waals surface area (Å²) < 4.78 is 14.6. The summed E-state index contributed by atoms with van der Waals surface area (Å²) in [4.78, 5) is 15.8. The largest absolute Gasteiger partial charge is 0.356 e. The van der Waals surface area contributed by atoms with Crippen LogP contribution in [0.5, 0.6) is 0 Å². The van der Waals surface area contributed by atoms with Crippen molar-refractivity contribution in [2.75, 3.05) is 20.6 Å². The molecule has 0 fully saturated rings. The lowest BCUT2D eigenvalue weighted by Crippen LogP contribution is -2.38. The molecule has 0 aliphatic carbocycles. The van der Waals surface area contributed by atoms with Gasteiger partial charge in [-0.2, -0.15) is 0 Å². The fraction of sp³-hybridized carbons (Fsp3) is 0.263. The first-order chi connectivity index (χ1) is 12.5. The maximum atomic E-state index is 13.8. The van der Waals surface area contributed by atoms with Gasteiger partial charge in [0.1, 0.15) is 5.82 Å². The van der Waals surface area contributed by atoms with Crippen molar-refractivity contribution in [2.24, 2.45) is 4.99 Å².